The number of hydrogen-bond donors (Lipinski definition) is 2. The zero-order chi connectivity index (χ0) is 28.4. The number of aromatic nitrogens is 4. The third-order valence-corrected chi connectivity index (χ3v) is 7.52. The number of rotatable bonds is 8. The molecule has 1 aliphatic carbocycles. The van der Waals surface area contributed by atoms with Crippen molar-refractivity contribution in [2.45, 2.75) is 64.6 Å². The number of carbonyl (C=O) groups excluding carboxylic acids is 1. The molecule has 3 heterocycles. The molecular formula is C30H34ClN5O4. The van der Waals surface area contributed by atoms with E-state index < -0.39 is 5.60 Å². The summed E-state index contributed by atoms with van der Waals surface area (Å²) in [7, 11) is 0. The van der Waals surface area contributed by atoms with E-state index in [9.17, 15) is 14.7 Å². The van der Waals surface area contributed by atoms with Gasteiger partial charge >= 0.3 is 5.69 Å². The van der Waals surface area contributed by atoms with Crippen molar-refractivity contribution in [3.8, 4) is 11.6 Å². The normalized spacial score (nSPS) is 17.6. The maximum absolute atomic E-state index is 13.7. The van der Waals surface area contributed by atoms with Gasteiger partial charge in [0.25, 0.3) is 5.91 Å². The van der Waals surface area contributed by atoms with Gasteiger partial charge in [0, 0.05) is 24.8 Å². The molecule has 0 unspecified atom stereocenters. The molecule has 1 aliphatic rings. The molecular weight excluding hydrogens is 530 g/mol. The molecule has 1 fully saturated rings. The van der Waals surface area contributed by atoms with Crippen LogP contribution in [0.5, 0.6) is 5.88 Å². The number of aryl methyl sites for hydroxylation is 1. The largest absolute Gasteiger partial charge is 0.475 e. The predicted octanol–water partition coefficient (Wildman–Crippen LogP) is 4.68. The summed E-state index contributed by atoms with van der Waals surface area (Å²) in [6.07, 6.45) is 6.64. The smallest absolute Gasteiger partial charge is 0.333 e. The number of fused-ring (bicyclic) bond motifs is 1. The topological polar surface area (TPSA) is 111 Å². The van der Waals surface area contributed by atoms with Crippen LogP contribution in [0.25, 0.3) is 16.7 Å². The average Bonchev–Trinajstić information content (AvgIpc) is 3.20. The Morgan fingerprint density at radius 3 is 2.50 bits per heavy atom. The number of halogens is 1. The van der Waals surface area contributed by atoms with E-state index in [2.05, 4.69) is 15.3 Å². The van der Waals surface area contributed by atoms with Crippen molar-refractivity contribution in [1.29, 1.82) is 0 Å². The summed E-state index contributed by atoms with van der Waals surface area (Å²) in [5, 5.41) is 13.5. The van der Waals surface area contributed by atoms with Gasteiger partial charge in [-0.2, -0.15) is 0 Å². The molecule has 10 heteroatoms. The van der Waals surface area contributed by atoms with Gasteiger partial charge in [0.15, 0.2) is 0 Å². The van der Waals surface area contributed by atoms with Crippen LogP contribution < -0.4 is 15.7 Å². The van der Waals surface area contributed by atoms with Gasteiger partial charge in [-0.1, -0.05) is 23.7 Å². The standard InChI is InChI=1S/C30H34ClN5O4/c1-19-24(14-21(31)15-32-19)28(37)34-22-10-8-20(9-11-22)17-35-25-6-4-5-7-26(25)36(29(35)38)23-12-13-27(33-16-23)40-18-30(2,3)39/h4-7,12-16,20,22,39H,8-11,17-18H2,1-3H3,(H,34,37). The third kappa shape index (κ3) is 6.21. The fraction of sp³-hybridized carbons (Fsp3) is 0.400. The second-order valence-corrected chi connectivity index (χ2v) is 11.6. The zero-order valence-electron chi connectivity index (χ0n) is 22.9. The number of carbonyl (C=O) groups is 1. The van der Waals surface area contributed by atoms with Gasteiger partial charge < -0.3 is 15.2 Å². The monoisotopic (exact) mass is 563 g/mol. The van der Waals surface area contributed by atoms with Crippen LogP contribution in [0.3, 0.4) is 0 Å². The van der Waals surface area contributed by atoms with Crippen LogP contribution in [-0.4, -0.2) is 48.4 Å². The SMILES string of the molecule is Cc1ncc(Cl)cc1C(=O)NC1CCC(Cn2c(=O)n(-c3ccc(OCC(C)(C)O)nc3)c3ccccc32)CC1. The highest BCUT2D eigenvalue weighted by Gasteiger charge is 2.26. The maximum Gasteiger partial charge on any atom is 0.333 e. The van der Waals surface area contributed by atoms with Gasteiger partial charge in [-0.25, -0.2) is 9.78 Å². The fourth-order valence-electron chi connectivity index (χ4n) is 5.22. The van der Waals surface area contributed by atoms with E-state index >= 15 is 0 Å². The van der Waals surface area contributed by atoms with Gasteiger partial charge in [0.05, 0.1) is 44.8 Å². The minimum absolute atomic E-state index is 0.0726. The van der Waals surface area contributed by atoms with Crippen LogP contribution in [0.4, 0.5) is 0 Å². The number of nitrogens with one attached hydrogen (secondary N) is 1. The van der Waals surface area contributed by atoms with E-state index in [1.165, 1.54) is 6.20 Å². The lowest BCUT2D eigenvalue weighted by molar-refractivity contribution is 0.0268. The Morgan fingerprint density at radius 1 is 1.10 bits per heavy atom. The van der Waals surface area contributed by atoms with Gasteiger partial charge in [-0.05, 0) is 76.6 Å². The molecule has 0 aliphatic heterocycles. The minimum Gasteiger partial charge on any atom is -0.475 e. The first-order valence-corrected chi connectivity index (χ1v) is 13.9. The fourth-order valence-corrected chi connectivity index (χ4v) is 5.38. The Balaban J connectivity index is 1.28. The first kappa shape index (κ1) is 27.9. The Kier molecular flexibility index (Phi) is 7.96. The van der Waals surface area contributed by atoms with Crippen molar-refractivity contribution in [2.24, 2.45) is 5.92 Å². The number of aliphatic hydroxyl groups is 1. The lowest BCUT2D eigenvalue weighted by atomic mass is 9.85. The van der Waals surface area contributed by atoms with Gasteiger partial charge in [-0.3, -0.25) is 18.9 Å². The van der Waals surface area contributed by atoms with Crippen LogP contribution in [-0.2, 0) is 6.54 Å². The molecule has 0 spiro atoms. The molecule has 2 N–H and O–H groups in total. The highest BCUT2D eigenvalue weighted by atomic mass is 35.5. The molecule has 0 radical (unpaired) electrons. The molecule has 1 amide bonds. The Morgan fingerprint density at radius 2 is 1.82 bits per heavy atom. The molecule has 1 saturated carbocycles. The number of nitrogens with zero attached hydrogens (tertiary/aromatic N) is 4. The van der Waals surface area contributed by atoms with Crippen molar-refractivity contribution in [1.82, 2.24) is 24.4 Å². The second kappa shape index (κ2) is 11.4. The van der Waals surface area contributed by atoms with Crippen LogP contribution in [0, 0.1) is 12.8 Å². The summed E-state index contributed by atoms with van der Waals surface area (Å²) in [5.74, 6) is 0.545. The van der Waals surface area contributed by atoms with Crippen molar-refractivity contribution in [3.05, 3.63) is 81.6 Å². The van der Waals surface area contributed by atoms with Crippen molar-refractivity contribution < 1.29 is 14.6 Å². The van der Waals surface area contributed by atoms with Crippen LogP contribution >= 0.6 is 11.6 Å². The average molecular weight is 564 g/mol. The molecule has 40 heavy (non-hydrogen) atoms. The molecule has 0 atom stereocenters. The third-order valence-electron chi connectivity index (χ3n) is 7.31. The second-order valence-electron chi connectivity index (χ2n) is 11.2. The molecule has 0 bridgehead atoms. The van der Waals surface area contributed by atoms with Crippen molar-refractivity contribution >= 4 is 28.5 Å². The van der Waals surface area contributed by atoms with Crippen LogP contribution in [0.15, 0.2) is 59.7 Å². The lowest BCUT2D eigenvalue weighted by Crippen LogP contribution is -2.39. The quantitative estimate of drug-likeness (QED) is 0.322. The van der Waals surface area contributed by atoms with Crippen LogP contribution in [0.1, 0.15) is 55.6 Å². The Labute approximate surface area is 237 Å². The van der Waals surface area contributed by atoms with Gasteiger partial charge in [0.2, 0.25) is 5.88 Å². The predicted molar refractivity (Wildman–Crippen MR) is 154 cm³/mol. The van der Waals surface area contributed by atoms with Crippen LogP contribution in [0.2, 0.25) is 5.02 Å². The highest BCUT2D eigenvalue weighted by molar-refractivity contribution is 6.30. The summed E-state index contributed by atoms with van der Waals surface area (Å²) in [6.45, 7) is 5.84. The summed E-state index contributed by atoms with van der Waals surface area (Å²) >= 11 is 6.04. The molecule has 9 nitrogen and oxygen atoms in total. The van der Waals surface area contributed by atoms with E-state index in [-0.39, 0.29) is 24.2 Å². The minimum atomic E-state index is -0.970. The number of para-hydroxylation sites is 2. The number of pyridine rings is 2. The number of hydrogen-bond acceptors (Lipinski definition) is 6. The summed E-state index contributed by atoms with van der Waals surface area (Å²) in [6, 6.07) is 13.0. The first-order chi connectivity index (χ1) is 19.1. The molecule has 1 aromatic carbocycles. The zero-order valence-corrected chi connectivity index (χ0v) is 23.7. The van der Waals surface area contributed by atoms with Gasteiger partial charge in [-0.15, -0.1) is 0 Å². The highest BCUT2D eigenvalue weighted by Crippen LogP contribution is 2.28. The van der Waals surface area contributed by atoms with Crippen molar-refractivity contribution in [3.63, 3.8) is 0 Å². The Bertz CT molecular complexity index is 1560. The maximum atomic E-state index is 13.7. The summed E-state index contributed by atoms with van der Waals surface area (Å²) in [5.41, 5.74) is 2.39. The van der Waals surface area contributed by atoms with Gasteiger partial charge in [0.1, 0.15) is 6.61 Å². The number of ether oxygens (including phenoxy) is 1. The molecule has 5 rings (SSSR count). The number of amides is 1. The molecule has 4 aromatic rings. The van der Waals surface area contributed by atoms with E-state index in [0.29, 0.717) is 40.3 Å². The number of imidazole rings is 1. The number of benzene rings is 1. The summed E-state index contributed by atoms with van der Waals surface area (Å²) in [4.78, 5) is 35.0. The summed E-state index contributed by atoms with van der Waals surface area (Å²) < 4.78 is 9.09. The van der Waals surface area contributed by atoms with Crippen molar-refractivity contribution in [2.75, 3.05) is 6.61 Å². The van der Waals surface area contributed by atoms with E-state index in [1.807, 2.05) is 28.8 Å². The molecule has 0 saturated heterocycles. The lowest BCUT2D eigenvalue weighted by Gasteiger charge is -2.29. The van der Waals surface area contributed by atoms with E-state index in [4.69, 9.17) is 16.3 Å². The van der Waals surface area contributed by atoms with E-state index in [1.54, 1.807) is 49.7 Å². The first-order valence-electron chi connectivity index (χ1n) is 13.5. The van der Waals surface area contributed by atoms with E-state index in [0.717, 1.165) is 36.7 Å². The Hall–Kier alpha value is -3.69. The molecule has 210 valence electrons. The molecule has 3 aromatic heterocycles.